The van der Waals surface area contributed by atoms with E-state index in [2.05, 4.69) is 15.0 Å². The number of hydrogen-bond acceptors (Lipinski definition) is 5. The van der Waals surface area contributed by atoms with Gasteiger partial charge in [0.2, 0.25) is 0 Å². The minimum atomic E-state index is -0.567. The van der Waals surface area contributed by atoms with Gasteiger partial charge in [0.25, 0.3) is 5.95 Å². The highest BCUT2D eigenvalue weighted by Gasteiger charge is 2.12. The van der Waals surface area contributed by atoms with Gasteiger partial charge >= 0.3 is 5.69 Å². The molecule has 3 N–H and O–H groups in total. The maximum atomic E-state index is 11.8. The molecule has 0 fully saturated rings. The van der Waals surface area contributed by atoms with E-state index in [1.165, 1.54) is 5.01 Å². The Balaban J connectivity index is 2.06. The summed E-state index contributed by atoms with van der Waals surface area (Å²) in [6.07, 6.45) is 0. The number of rotatable bonds is 3. The van der Waals surface area contributed by atoms with Gasteiger partial charge in [-0.3, -0.25) is 4.98 Å². The molecule has 1 aromatic heterocycles. The van der Waals surface area contributed by atoms with E-state index >= 15 is 0 Å². The van der Waals surface area contributed by atoms with E-state index in [1.54, 1.807) is 30.3 Å². The summed E-state index contributed by atoms with van der Waals surface area (Å²) >= 11 is 11.9. The van der Waals surface area contributed by atoms with Crippen LogP contribution in [-0.4, -0.2) is 15.0 Å². The summed E-state index contributed by atoms with van der Waals surface area (Å²) in [5.74, 6) is 6.36. The Bertz CT molecular complexity index is 898. The number of aromatic amines is 1. The average Bonchev–Trinajstić information content (AvgIpc) is 2.57. The van der Waals surface area contributed by atoms with Crippen LogP contribution in [0.3, 0.4) is 0 Å². The zero-order valence-electron chi connectivity index (χ0n) is 11.7. The molecule has 0 unspecified atom stereocenters. The van der Waals surface area contributed by atoms with Gasteiger partial charge in [-0.05, 0) is 30.3 Å². The standard InChI is InChI=1S/C15H11Cl2N5O/c16-11-7-6-9(8-12(11)17)13-19-14(21-15(23)20-13)22(18)10-4-2-1-3-5-10/h1-8H,18H2,(H,19,20,21,23). The lowest BCUT2D eigenvalue weighted by molar-refractivity contribution is 0.918. The number of H-pyrrole nitrogens is 1. The minimum absolute atomic E-state index is 0.0704. The van der Waals surface area contributed by atoms with Crippen LogP contribution in [0, 0.1) is 0 Å². The smallest absolute Gasteiger partial charge is 0.290 e. The van der Waals surface area contributed by atoms with Crippen molar-refractivity contribution in [2.24, 2.45) is 5.84 Å². The molecule has 8 heteroatoms. The van der Waals surface area contributed by atoms with Gasteiger partial charge in [0.05, 0.1) is 15.7 Å². The zero-order chi connectivity index (χ0) is 16.4. The Kier molecular flexibility index (Phi) is 4.29. The number of aromatic nitrogens is 3. The van der Waals surface area contributed by atoms with Gasteiger partial charge in [0.15, 0.2) is 0 Å². The summed E-state index contributed by atoms with van der Waals surface area (Å²) < 4.78 is 0. The molecule has 1 heterocycles. The van der Waals surface area contributed by atoms with Crippen molar-refractivity contribution in [2.45, 2.75) is 0 Å². The number of anilines is 2. The Morgan fingerprint density at radius 2 is 1.74 bits per heavy atom. The van der Waals surface area contributed by atoms with E-state index in [0.29, 0.717) is 27.1 Å². The Hall–Kier alpha value is -2.41. The van der Waals surface area contributed by atoms with Gasteiger partial charge in [-0.25, -0.2) is 15.6 Å². The second-order valence-electron chi connectivity index (χ2n) is 4.64. The van der Waals surface area contributed by atoms with E-state index in [0.717, 1.165) is 0 Å². The third kappa shape index (κ3) is 3.34. The summed E-state index contributed by atoms with van der Waals surface area (Å²) in [5, 5.41) is 2.01. The van der Waals surface area contributed by atoms with E-state index < -0.39 is 5.69 Å². The van der Waals surface area contributed by atoms with Crippen LogP contribution in [0.15, 0.2) is 53.3 Å². The van der Waals surface area contributed by atoms with E-state index in [9.17, 15) is 4.79 Å². The molecule has 6 nitrogen and oxygen atoms in total. The molecule has 3 aromatic rings. The fourth-order valence-electron chi connectivity index (χ4n) is 1.96. The molecule has 0 amide bonds. The first kappa shape index (κ1) is 15.5. The van der Waals surface area contributed by atoms with Gasteiger partial charge in [-0.2, -0.15) is 9.97 Å². The molecule has 0 aliphatic heterocycles. The summed E-state index contributed by atoms with van der Waals surface area (Å²) in [4.78, 5) is 22.5. The molecule has 0 saturated heterocycles. The van der Waals surface area contributed by atoms with Crippen molar-refractivity contribution in [3.05, 3.63) is 69.1 Å². The molecular weight excluding hydrogens is 337 g/mol. The van der Waals surface area contributed by atoms with E-state index in [4.69, 9.17) is 29.0 Å². The van der Waals surface area contributed by atoms with Crippen molar-refractivity contribution in [1.82, 2.24) is 15.0 Å². The second-order valence-corrected chi connectivity index (χ2v) is 5.45. The van der Waals surface area contributed by atoms with Crippen LogP contribution in [0.2, 0.25) is 10.0 Å². The van der Waals surface area contributed by atoms with Crippen LogP contribution < -0.4 is 16.5 Å². The van der Waals surface area contributed by atoms with Crippen molar-refractivity contribution >= 4 is 34.8 Å². The first-order chi connectivity index (χ1) is 11.0. The third-order valence-electron chi connectivity index (χ3n) is 3.08. The van der Waals surface area contributed by atoms with E-state index in [-0.39, 0.29) is 5.95 Å². The summed E-state index contributed by atoms with van der Waals surface area (Å²) in [6, 6.07) is 14.0. The number of nitrogens with two attached hydrogens (primary N) is 1. The predicted molar refractivity (Wildman–Crippen MR) is 90.9 cm³/mol. The van der Waals surface area contributed by atoms with Crippen molar-refractivity contribution in [3.63, 3.8) is 0 Å². The van der Waals surface area contributed by atoms with Gasteiger partial charge in [0.1, 0.15) is 5.82 Å². The SMILES string of the molecule is NN(c1ccccc1)c1nc(-c2ccc(Cl)c(Cl)c2)[nH]c(=O)n1. The molecule has 2 aromatic carbocycles. The van der Waals surface area contributed by atoms with Crippen LogP contribution >= 0.6 is 23.2 Å². The molecular formula is C15H11Cl2N5O. The number of hydrazine groups is 1. The number of hydrogen-bond donors (Lipinski definition) is 2. The number of benzene rings is 2. The number of halogens is 2. The van der Waals surface area contributed by atoms with Crippen LogP contribution in [0.4, 0.5) is 11.6 Å². The maximum absolute atomic E-state index is 11.8. The normalized spacial score (nSPS) is 10.6. The van der Waals surface area contributed by atoms with Gasteiger partial charge in [-0.15, -0.1) is 0 Å². The lowest BCUT2D eigenvalue weighted by atomic mass is 10.2. The van der Waals surface area contributed by atoms with Gasteiger partial charge < -0.3 is 0 Å². The molecule has 0 bridgehead atoms. The summed E-state index contributed by atoms with van der Waals surface area (Å²) in [6.45, 7) is 0. The average molecular weight is 348 g/mol. The molecule has 0 atom stereocenters. The third-order valence-corrected chi connectivity index (χ3v) is 3.82. The van der Waals surface area contributed by atoms with Crippen molar-refractivity contribution in [3.8, 4) is 11.4 Å². The minimum Gasteiger partial charge on any atom is -0.290 e. The highest BCUT2D eigenvalue weighted by atomic mass is 35.5. The van der Waals surface area contributed by atoms with Crippen LogP contribution in [-0.2, 0) is 0 Å². The van der Waals surface area contributed by atoms with E-state index in [1.807, 2.05) is 18.2 Å². The molecule has 116 valence electrons. The largest absolute Gasteiger partial charge is 0.349 e. The molecule has 23 heavy (non-hydrogen) atoms. The van der Waals surface area contributed by atoms with Crippen molar-refractivity contribution < 1.29 is 0 Å². The molecule has 3 rings (SSSR count). The lowest BCUT2D eigenvalue weighted by Crippen LogP contribution is -2.30. The number of nitrogens with zero attached hydrogens (tertiary/aromatic N) is 3. The number of para-hydroxylation sites is 1. The first-order valence-electron chi connectivity index (χ1n) is 6.58. The predicted octanol–water partition coefficient (Wildman–Crippen LogP) is 3.15. The Morgan fingerprint density at radius 1 is 1.00 bits per heavy atom. The Labute approximate surface area is 141 Å². The van der Waals surface area contributed by atoms with Gasteiger partial charge in [0, 0.05) is 5.56 Å². The molecule has 0 spiro atoms. The van der Waals surface area contributed by atoms with Crippen molar-refractivity contribution in [2.75, 3.05) is 5.01 Å². The lowest BCUT2D eigenvalue weighted by Gasteiger charge is -2.16. The molecule has 0 aliphatic rings. The Morgan fingerprint density at radius 3 is 2.43 bits per heavy atom. The van der Waals surface area contributed by atoms with Gasteiger partial charge in [-0.1, -0.05) is 41.4 Å². The fourth-order valence-corrected chi connectivity index (χ4v) is 2.26. The topological polar surface area (TPSA) is 87.9 Å². The monoisotopic (exact) mass is 347 g/mol. The highest BCUT2D eigenvalue weighted by molar-refractivity contribution is 6.42. The quantitative estimate of drug-likeness (QED) is 0.561. The van der Waals surface area contributed by atoms with Crippen LogP contribution in [0.1, 0.15) is 0 Å². The highest BCUT2D eigenvalue weighted by Crippen LogP contribution is 2.27. The number of nitrogens with one attached hydrogen (secondary N) is 1. The second kappa shape index (κ2) is 6.37. The fraction of sp³-hybridized carbons (Fsp3) is 0. The molecule has 0 aliphatic carbocycles. The molecule has 0 saturated carbocycles. The van der Waals surface area contributed by atoms with Crippen LogP contribution in [0.25, 0.3) is 11.4 Å². The maximum Gasteiger partial charge on any atom is 0.349 e. The summed E-state index contributed by atoms with van der Waals surface area (Å²) in [5.41, 5.74) is 0.683. The van der Waals surface area contributed by atoms with Crippen molar-refractivity contribution in [1.29, 1.82) is 0 Å². The summed E-state index contributed by atoms with van der Waals surface area (Å²) in [7, 11) is 0. The van der Waals surface area contributed by atoms with Crippen LogP contribution in [0.5, 0.6) is 0 Å². The first-order valence-corrected chi connectivity index (χ1v) is 7.34. The zero-order valence-corrected chi connectivity index (χ0v) is 13.2. The molecule has 0 radical (unpaired) electrons.